The normalized spacial score (nSPS) is 10.8. The molecular formula is C12H18ClNO2. The molecule has 0 fully saturated rings. The van der Waals surface area contributed by atoms with E-state index in [1.165, 1.54) is 0 Å². The Morgan fingerprint density at radius 3 is 2.69 bits per heavy atom. The SMILES string of the molecule is COc1ccc(CNOCC(C)C)cc1Cl. The first-order chi connectivity index (χ1) is 7.63. The van der Waals surface area contributed by atoms with Gasteiger partial charge in [-0.1, -0.05) is 31.5 Å². The smallest absolute Gasteiger partial charge is 0.137 e. The van der Waals surface area contributed by atoms with Crippen LogP contribution in [0.15, 0.2) is 18.2 Å². The fraction of sp³-hybridized carbons (Fsp3) is 0.500. The topological polar surface area (TPSA) is 30.5 Å². The van der Waals surface area contributed by atoms with E-state index in [-0.39, 0.29) is 0 Å². The third-order valence-corrected chi connectivity index (χ3v) is 2.31. The fourth-order valence-electron chi connectivity index (χ4n) is 1.18. The Bertz CT molecular complexity index is 329. The van der Waals surface area contributed by atoms with Crippen LogP contribution in [0.1, 0.15) is 19.4 Å². The van der Waals surface area contributed by atoms with Crippen LogP contribution in [0, 0.1) is 5.92 Å². The Labute approximate surface area is 102 Å². The second-order valence-corrected chi connectivity index (χ2v) is 4.40. The molecule has 90 valence electrons. The van der Waals surface area contributed by atoms with Crippen molar-refractivity contribution in [3.05, 3.63) is 28.8 Å². The molecule has 0 saturated heterocycles. The molecule has 0 unspecified atom stereocenters. The molecule has 0 aliphatic rings. The predicted octanol–water partition coefficient (Wildman–Crippen LogP) is 3.03. The minimum atomic E-state index is 0.520. The summed E-state index contributed by atoms with van der Waals surface area (Å²) in [6, 6.07) is 5.67. The van der Waals surface area contributed by atoms with Gasteiger partial charge in [-0.05, 0) is 23.6 Å². The van der Waals surface area contributed by atoms with E-state index in [0.717, 1.165) is 5.56 Å². The van der Waals surface area contributed by atoms with Crippen molar-refractivity contribution in [2.24, 2.45) is 5.92 Å². The second-order valence-electron chi connectivity index (χ2n) is 3.99. The number of ether oxygens (including phenoxy) is 1. The summed E-state index contributed by atoms with van der Waals surface area (Å²) in [5.74, 6) is 1.21. The third-order valence-electron chi connectivity index (χ3n) is 2.01. The summed E-state index contributed by atoms with van der Waals surface area (Å²) >= 11 is 6.00. The van der Waals surface area contributed by atoms with Crippen LogP contribution in [-0.2, 0) is 11.4 Å². The van der Waals surface area contributed by atoms with Gasteiger partial charge in [-0.25, -0.2) is 0 Å². The molecule has 0 atom stereocenters. The van der Waals surface area contributed by atoms with Crippen LogP contribution in [0.5, 0.6) is 5.75 Å². The maximum Gasteiger partial charge on any atom is 0.137 e. The van der Waals surface area contributed by atoms with Crippen molar-refractivity contribution in [3.8, 4) is 5.75 Å². The van der Waals surface area contributed by atoms with Gasteiger partial charge in [0.25, 0.3) is 0 Å². The Kier molecular flexibility index (Phi) is 5.60. The van der Waals surface area contributed by atoms with Gasteiger partial charge in [0.15, 0.2) is 0 Å². The highest BCUT2D eigenvalue weighted by Crippen LogP contribution is 2.24. The van der Waals surface area contributed by atoms with Crippen molar-refractivity contribution >= 4 is 11.6 Å². The Hall–Kier alpha value is -0.770. The van der Waals surface area contributed by atoms with Crippen molar-refractivity contribution in [1.29, 1.82) is 0 Å². The molecule has 1 N–H and O–H groups in total. The molecule has 0 aliphatic carbocycles. The van der Waals surface area contributed by atoms with E-state index < -0.39 is 0 Å². The highest BCUT2D eigenvalue weighted by atomic mass is 35.5. The van der Waals surface area contributed by atoms with Crippen LogP contribution in [-0.4, -0.2) is 13.7 Å². The summed E-state index contributed by atoms with van der Waals surface area (Å²) in [5, 5.41) is 0.616. The van der Waals surface area contributed by atoms with Gasteiger partial charge in [-0.2, -0.15) is 5.48 Å². The highest BCUT2D eigenvalue weighted by Gasteiger charge is 2.01. The number of hydrogen-bond donors (Lipinski definition) is 1. The molecular weight excluding hydrogens is 226 g/mol. The summed E-state index contributed by atoms with van der Waals surface area (Å²) in [5.41, 5.74) is 3.96. The molecule has 1 aromatic carbocycles. The Balaban J connectivity index is 2.40. The summed E-state index contributed by atoms with van der Waals surface area (Å²) in [6.07, 6.45) is 0. The van der Waals surface area contributed by atoms with E-state index in [4.69, 9.17) is 21.2 Å². The zero-order valence-corrected chi connectivity index (χ0v) is 10.7. The van der Waals surface area contributed by atoms with Gasteiger partial charge < -0.3 is 9.57 Å². The number of halogens is 1. The van der Waals surface area contributed by atoms with Crippen LogP contribution < -0.4 is 10.2 Å². The van der Waals surface area contributed by atoms with Crippen LogP contribution in [0.3, 0.4) is 0 Å². The highest BCUT2D eigenvalue weighted by molar-refractivity contribution is 6.32. The number of methoxy groups -OCH3 is 1. The molecule has 0 aromatic heterocycles. The zero-order chi connectivity index (χ0) is 12.0. The molecule has 0 radical (unpaired) electrons. The van der Waals surface area contributed by atoms with E-state index >= 15 is 0 Å². The minimum Gasteiger partial charge on any atom is -0.495 e. The summed E-state index contributed by atoms with van der Waals surface area (Å²) in [4.78, 5) is 5.27. The monoisotopic (exact) mass is 243 g/mol. The predicted molar refractivity (Wildman–Crippen MR) is 65.6 cm³/mol. The van der Waals surface area contributed by atoms with Crippen LogP contribution >= 0.6 is 11.6 Å². The molecule has 0 saturated carbocycles. The van der Waals surface area contributed by atoms with E-state index in [1.54, 1.807) is 7.11 Å². The minimum absolute atomic E-state index is 0.520. The number of hydrogen-bond acceptors (Lipinski definition) is 3. The number of nitrogens with one attached hydrogen (secondary N) is 1. The van der Waals surface area contributed by atoms with E-state index in [2.05, 4.69) is 19.3 Å². The van der Waals surface area contributed by atoms with E-state index in [1.807, 2.05) is 18.2 Å². The fourth-order valence-corrected chi connectivity index (χ4v) is 1.46. The first-order valence-corrected chi connectivity index (χ1v) is 5.68. The molecule has 0 aliphatic heterocycles. The van der Waals surface area contributed by atoms with Crippen molar-refractivity contribution < 1.29 is 9.57 Å². The van der Waals surface area contributed by atoms with Gasteiger partial charge in [-0.3, -0.25) is 0 Å². The molecule has 1 rings (SSSR count). The lowest BCUT2D eigenvalue weighted by Crippen LogP contribution is -2.17. The van der Waals surface area contributed by atoms with Crippen LogP contribution in [0.4, 0.5) is 0 Å². The van der Waals surface area contributed by atoms with Crippen molar-refractivity contribution in [2.75, 3.05) is 13.7 Å². The molecule has 0 heterocycles. The Morgan fingerprint density at radius 2 is 2.12 bits per heavy atom. The first-order valence-electron chi connectivity index (χ1n) is 5.30. The van der Waals surface area contributed by atoms with E-state index in [0.29, 0.717) is 29.8 Å². The van der Waals surface area contributed by atoms with Crippen molar-refractivity contribution in [2.45, 2.75) is 20.4 Å². The van der Waals surface area contributed by atoms with Crippen molar-refractivity contribution in [1.82, 2.24) is 5.48 Å². The van der Waals surface area contributed by atoms with Crippen molar-refractivity contribution in [3.63, 3.8) is 0 Å². The van der Waals surface area contributed by atoms with Gasteiger partial charge in [0.1, 0.15) is 5.75 Å². The number of rotatable bonds is 6. The van der Waals surface area contributed by atoms with Gasteiger partial charge in [0, 0.05) is 6.54 Å². The second kappa shape index (κ2) is 6.74. The number of hydroxylamine groups is 1. The molecule has 3 nitrogen and oxygen atoms in total. The number of benzene rings is 1. The molecule has 0 amide bonds. The van der Waals surface area contributed by atoms with Crippen LogP contribution in [0.2, 0.25) is 5.02 Å². The summed E-state index contributed by atoms with van der Waals surface area (Å²) < 4.78 is 5.07. The maximum absolute atomic E-state index is 6.00. The average molecular weight is 244 g/mol. The van der Waals surface area contributed by atoms with Gasteiger partial charge in [0.05, 0.1) is 18.7 Å². The maximum atomic E-state index is 6.00. The molecule has 4 heteroatoms. The third kappa shape index (κ3) is 4.39. The first kappa shape index (κ1) is 13.3. The quantitative estimate of drug-likeness (QED) is 0.616. The summed E-state index contributed by atoms with van der Waals surface area (Å²) in [6.45, 7) is 5.54. The molecule has 0 bridgehead atoms. The lowest BCUT2D eigenvalue weighted by molar-refractivity contribution is 0.0196. The van der Waals surface area contributed by atoms with Gasteiger partial charge >= 0.3 is 0 Å². The average Bonchev–Trinajstić information content (AvgIpc) is 2.24. The van der Waals surface area contributed by atoms with Gasteiger partial charge in [-0.15, -0.1) is 0 Å². The summed E-state index contributed by atoms with van der Waals surface area (Å²) in [7, 11) is 1.60. The van der Waals surface area contributed by atoms with Gasteiger partial charge in [0.2, 0.25) is 0 Å². The van der Waals surface area contributed by atoms with Crippen LogP contribution in [0.25, 0.3) is 0 Å². The van der Waals surface area contributed by atoms with E-state index in [9.17, 15) is 0 Å². The Morgan fingerprint density at radius 1 is 1.38 bits per heavy atom. The molecule has 1 aromatic rings. The lowest BCUT2D eigenvalue weighted by atomic mass is 10.2. The molecule has 16 heavy (non-hydrogen) atoms. The zero-order valence-electron chi connectivity index (χ0n) is 9.92. The largest absolute Gasteiger partial charge is 0.495 e. The standard InChI is InChI=1S/C12H18ClNO2/c1-9(2)8-16-14-7-10-4-5-12(15-3)11(13)6-10/h4-6,9,14H,7-8H2,1-3H3. The molecule has 0 spiro atoms. The lowest BCUT2D eigenvalue weighted by Gasteiger charge is -2.09.